The van der Waals surface area contributed by atoms with Gasteiger partial charge in [0.05, 0.1) is 24.0 Å². The van der Waals surface area contributed by atoms with E-state index in [9.17, 15) is 4.79 Å². The summed E-state index contributed by atoms with van der Waals surface area (Å²) in [6, 6.07) is 24.2. The van der Waals surface area contributed by atoms with Gasteiger partial charge in [-0.15, -0.1) is 10.2 Å². The molecule has 0 radical (unpaired) electrons. The van der Waals surface area contributed by atoms with E-state index in [0.29, 0.717) is 11.7 Å². The number of benzene rings is 2. The summed E-state index contributed by atoms with van der Waals surface area (Å²) in [6.45, 7) is 2.32. The van der Waals surface area contributed by atoms with Gasteiger partial charge < -0.3 is 9.88 Å². The second-order valence-electron chi connectivity index (χ2n) is 9.05. The van der Waals surface area contributed by atoms with Crippen molar-refractivity contribution in [2.75, 3.05) is 5.32 Å². The number of nitrogens with zero attached hydrogens (tertiary/aromatic N) is 5. The van der Waals surface area contributed by atoms with E-state index >= 15 is 0 Å². The second kappa shape index (κ2) is 8.50. The highest BCUT2D eigenvalue weighted by Gasteiger charge is 2.46. The van der Waals surface area contributed by atoms with Crippen LogP contribution >= 0.6 is 0 Å². The Balaban J connectivity index is 1.40. The Labute approximate surface area is 198 Å². The summed E-state index contributed by atoms with van der Waals surface area (Å²) < 4.78 is 2.25. The molecule has 1 N–H and O–H groups in total. The molecule has 1 saturated heterocycles. The third kappa shape index (κ3) is 3.58. The lowest BCUT2D eigenvalue weighted by atomic mass is 9.94. The smallest absolute Gasteiger partial charge is 0.221 e. The minimum Gasteiger partial charge on any atom is -0.325 e. The lowest BCUT2D eigenvalue weighted by Gasteiger charge is -2.41. The number of aromatic nitrogens is 4. The zero-order valence-corrected chi connectivity index (χ0v) is 19.0. The first-order valence-electron chi connectivity index (χ1n) is 11.7. The number of hydrogen-bond acceptors (Lipinski definition) is 5. The molecule has 2 aromatic heterocycles. The Kier molecular flexibility index (Phi) is 5.19. The van der Waals surface area contributed by atoms with Crippen molar-refractivity contribution in [2.24, 2.45) is 0 Å². The molecule has 170 valence electrons. The van der Waals surface area contributed by atoms with E-state index in [1.165, 1.54) is 18.1 Å². The second-order valence-corrected chi connectivity index (χ2v) is 9.05. The Morgan fingerprint density at radius 2 is 1.68 bits per heavy atom. The van der Waals surface area contributed by atoms with Crippen molar-refractivity contribution in [3.8, 4) is 11.4 Å². The number of rotatable bonds is 5. The third-order valence-corrected chi connectivity index (χ3v) is 6.87. The number of amides is 1. The van der Waals surface area contributed by atoms with Gasteiger partial charge in [-0.25, -0.2) is 0 Å². The fraction of sp³-hybridized carbons (Fsp3) is 0.259. The van der Waals surface area contributed by atoms with Gasteiger partial charge in [-0.1, -0.05) is 60.7 Å². The highest BCUT2D eigenvalue weighted by molar-refractivity contribution is 5.89. The molecule has 2 aromatic carbocycles. The summed E-state index contributed by atoms with van der Waals surface area (Å²) in [5.41, 5.74) is 4.12. The molecule has 2 unspecified atom stereocenters. The van der Waals surface area contributed by atoms with E-state index in [1.54, 1.807) is 12.4 Å². The van der Waals surface area contributed by atoms with Crippen molar-refractivity contribution in [3.05, 3.63) is 96.1 Å². The van der Waals surface area contributed by atoms with Gasteiger partial charge in [-0.05, 0) is 30.0 Å². The molecule has 34 heavy (non-hydrogen) atoms. The van der Waals surface area contributed by atoms with Crippen LogP contribution in [-0.4, -0.2) is 36.6 Å². The molecule has 2 aliphatic rings. The fourth-order valence-corrected chi connectivity index (χ4v) is 5.55. The van der Waals surface area contributed by atoms with Crippen LogP contribution in [0, 0.1) is 0 Å². The van der Waals surface area contributed by atoms with E-state index in [1.807, 2.05) is 6.07 Å². The van der Waals surface area contributed by atoms with Gasteiger partial charge >= 0.3 is 0 Å². The molecule has 4 aromatic rings. The normalized spacial score (nSPS) is 19.2. The summed E-state index contributed by atoms with van der Waals surface area (Å²) in [7, 11) is 0. The van der Waals surface area contributed by atoms with Crippen molar-refractivity contribution in [1.82, 2.24) is 24.6 Å². The van der Waals surface area contributed by atoms with Crippen molar-refractivity contribution in [2.45, 2.75) is 44.4 Å². The molecule has 1 amide bonds. The zero-order valence-electron chi connectivity index (χ0n) is 19.0. The first-order valence-corrected chi connectivity index (χ1v) is 11.7. The lowest BCUT2D eigenvalue weighted by molar-refractivity contribution is -0.114. The first kappa shape index (κ1) is 20.7. The Morgan fingerprint density at radius 1 is 0.971 bits per heavy atom. The van der Waals surface area contributed by atoms with E-state index in [2.05, 4.69) is 90.6 Å². The maximum absolute atomic E-state index is 11.5. The Bertz CT molecular complexity index is 1280. The van der Waals surface area contributed by atoms with Gasteiger partial charge in [0.25, 0.3) is 0 Å². The zero-order chi connectivity index (χ0) is 23.1. The van der Waals surface area contributed by atoms with E-state index in [-0.39, 0.29) is 18.0 Å². The van der Waals surface area contributed by atoms with Gasteiger partial charge in [0.1, 0.15) is 0 Å². The molecular weight excluding hydrogens is 424 g/mol. The molecule has 2 aliphatic heterocycles. The minimum atomic E-state index is -0.122. The Hall–Kier alpha value is -3.84. The quantitative estimate of drug-likeness (QED) is 0.481. The van der Waals surface area contributed by atoms with Crippen LogP contribution in [0.5, 0.6) is 0 Å². The molecule has 7 nitrogen and oxygen atoms in total. The van der Waals surface area contributed by atoms with E-state index in [4.69, 9.17) is 0 Å². The minimum absolute atomic E-state index is 0.122. The highest BCUT2D eigenvalue weighted by Crippen LogP contribution is 2.48. The molecular formula is C27H26N6O. The number of nitrogens with one attached hydrogen (secondary N) is 1. The fourth-order valence-electron chi connectivity index (χ4n) is 5.55. The van der Waals surface area contributed by atoms with Crippen molar-refractivity contribution in [3.63, 3.8) is 0 Å². The van der Waals surface area contributed by atoms with E-state index in [0.717, 1.165) is 36.6 Å². The van der Waals surface area contributed by atoms with Crippen molar-refractivity contribution < 1.29 is 4.79 Å². The summed E-state index contributed by atoms with van der Waals surface area (Å²) in [4.78, 5) is 18.4. The van der Waals surface area contributed by atoms with Crippen LogP contribution in [0.1, 0.15) is 48.8 Å². The number of carbonyl (C=O) groups excluding carboxylic acids is 1. The van der Waals surface area contributed by atoms with Crippen LogP contribution in [0.25, 0.3) is 11.4 Å². The van der Waals surface area contributed by atoms with Gasteiger partial charge in [0.15, 0.2) is 11.6 Å². The van der Waals surface area contributed by atoms with Crippen LogP contribution < -0.4 is 5.32 Å². The topological polar surface area (TPSA) is 75.9 Å². The van der Waals surface area contributed by atoms with Crippen LogP contribution in [0.2, 0.25) is 0 Å². The summed E-state index contributed by atoms with van der Waals surface area (Å²) in [5, 5.41) is 12.1. The van der Waals surface area contributed by atoms with Crippen molar-refractivity contribution >= 4 is 11.6 Å². The van der Waals surface area contributed by atoms with E-state index < -0.39 is 0 Å². The molecule has 6 rings (SSSR count). The standard InChI is InChI=1S/C27H26N6O/c1-18(34)29-22-14-21(15-28-16-22)26-30-31-27-24-13-12-23(17-32(26)27)33(24)25(19-8-4-2-5-9-19)20-10-6-3-7-11-20/h2-11,14-16,23-25H,12-13,17H2,1H3,(H,29,34). The third-order valence-electron chi connectivity index (χ3n) is 6.87. The largest absolute Gasteiger partial charge is 0.325 e. The summed E-state index contributed by atoms with van der Waals surface area (Å²) in [5.74, 6) is 1.69. The molecule has 0 saturated carbocycles. The van der Waals surface area contributed by atoms with Gasteiger partial charge in [0, 0.05) is 31.3 Å². The number of hydrogen-bond donors (Lipinski definition) is 1. The maximum atomic E-state index is 11.5. The number of pyridine rings is 1. The molecule has 4 heterocycles. The number of fused-ring (bicyclic) bond motifs is 4. The van der Waals surface area contributed by atoms with Crippen LogP contribution in [0.15, 0.2) is 79.1 Å². The van der Waals surface area contributed by atoms with Gasteiger partial charge in [0.2, 0.25) is 5.91 Å². The van der Waals surface area contributed by atoms with Gasteiger partial charge in [-0.2, -0.15) is 0 Å². The van der Waals surface area contributed by atoms with Gasteiger partial charge in [-0.3, -0.25) is 14.7 Å². The van der Waals surface area contributed by atoms with Crippen LogP contribution in [-0.2, 0) is 11.3 Å². The summed E-state index contributed by atoms with van der Waals surface area (Å²) >= 11 is 0. The molecule has 7 heteroatoms. The molecule has 0 spiro atoms. The Morgan fingerprint density at radius 3 is 2.35 bits per heavy atom. The number of carbonyl (C=O) groups is 1. The molecule has 2 bridgehead atoms. The predicted octanol–water partition coefficient (Wildman–Crippen LogP) is 4.61. The average Bonchev–Trinajstić information content (AvgIpc) is 3.41. The first-order chi connectivity index (χ1) is 16.7. The molecule has 0 aliphatic carbocycles. The highest BCUT2D eigenvalue weighted by atomic mass is 16.1. The SMILES string of the molecule is CC(=O)Nc1cncc(-c2nnc3n2CC2CCC3N2C(c2ccccc2)c2ccccc2)c1. The number of anilines is 1. The molecule has 1 fully saturated rings. The summed E-state index contributed by atoms with van der Waals surface area (Å²) in [6.07, 6.45) is 5.61. The molecule has 2 atom stereocenters. The van der Waals surface area contributed by atoms with Crippen LogP contribution in [0.4, 0.5) is 5.69 Å². The van der Waals surface area contributed by atoms with Crippen LogP contribution in [0.3, 0.4) is 0 Å². The predicted molar refractivity (Wildman–Crippen MR) is 130 cm³/mol. The lowest BCUT2D eigenvalue weighted by Crippen LogP contribution is -2.43. The van der Waals surface area contributed by atoms with Crippen molar-refractivity contribution in [1.29, 1.82) is 0 Å². The maximum Gasteiger partial charge on any atom is 0.221 e. The average molecular weight is 451 g/mol. The monoisotopic (exact) mass is 450 g/mol.